The number of likely N-dealkylation sites (tertiary alicyclic amines) is 1. The molecule has 4 rings (SSSR count). The molecular weight excluding hydrogens is 390 g/mol. The lowest BCUT2D eigenvalue weighted by Gasteiger charge is -2.45. The summed E-state index contributed by atoms with van der Waals surface area (Å²) in [6.07, 6.45) is 1.69. The van der Waals surface area contributed by atoms with Crippen LogP contribution in [-0.4, -0.2) is 36.1 Å². The van der Waals surface area contributed by atoms with Gasteiger partial charge in [-0.3, -0.25) is 4.79 Å². The van der Waals surface area contributed by atoms with Crippen molar-refractivity contribution in [1.29, 1.82) is 5.26 Å². The first kappa shape index (κ1) is 21.4. The number of amides is 1. The smallest absolute Gasteiger partial charge is 0.244 e. The number of para-hydroxylation sites is 1. The van der Waals surface area contributed by atoms with E-state index in [1.807, 2.05) is 54.6 Å². The van der Waals surface area contributed by atoms with Gasteiger partial charge in [-0.25, -0.2) is 0 Å². The van der Waals surface area contributed by atoms with Crippen LogP contribution in [0.4, 0.5) is 0 Å². The Morgan fingerprint density at radius 3 is 2.68 bits per heavy atom. The number of nitrogens with zero attached hydrogens (tertiary/aromatic N) is 2. The van der Waals surface area contributed by atoms with Gasteiger partial charge in [-0.05, 0) is 36.3 Å². The molecule has 3 N–H and O–H groups in total. The maximum Gasteiger partial charge on any atom is 0.244 e. The van der Waals surface area contributed by atoms with Crippen molar-refractivity contribution in [3.63, 3.8) is 0 Å². The van der Waals surface area contributed by atoms with E-state index in [9.17, 15) is 15.2 Å². The summed E-state index contributed by atoms with van der Waals surface area (Å²) in [5.41, 5.74) is 6.64. The molecule has 1 unspecified atom stereocenters. The molecule has 1 amide bonds. The Hall–Kier alpha value is -2.88. The number of ether oxygens (including phenoxy) is 1. The SMILES string of the molecule is COc1ccccc1[C@]1(O)C[C@H](CC#N)C[C@H]2CN(C(=O)C(N)c3ccccc3)C[C@H]21. The average molecular weight is 420 g/mol. The molecule has 1 heterocycles. The Balaban J connectivity index is 1.64. The third-order valence-corrected chi connectivity index (χ3v) is 6.98. The van der Waals surface area contributed by atoms with Crippen molar-refractivity contribution < 1.29 is 14.6 Å². The van der Waals surface area contributed by atoms with Crippen molar-refractivity contribution in [1.82, 2.24) is 4.90 Å². The average Bonchev–Trinajstić information content (AvgIpc) is 3.24. The van der Waals surface area contributed by atoms with E-state index in [0.717, 1.165) is 17.5 Å². The Morgan fingerprint density at radius 1 is 1.26 bits per heavy atom. The van der Waals surface area contributed by atoms with Crippen LogP contribution < -0.4 is 10.5 Å². The van der Waals surface area contributed by atoms with Gasteiger partial charge in [0.25, 0.3) is 0 Å². The van der Waals surface area contributed by atoms with Gasteiger partial charge in [0.05, 0.1) is 18.8 Å². The normalized spacial score (nSPS) is 28.5. The number of hydrogen-bond acceptors (Lipinski definition) is 5. The van der Waals surface area contributed by atoms with Crippen LogP contribution in [0.3, 0.4) is 0 Å². The Bertz CT molecular complexity index is 973. The predicted molar refractivity (Wildman–Crippen MR) is 117 cm³/mol. The van der Waals surface area contributed by atoms with Gasteiger partial charge in [-0.1, -0.05) is 48.5 Å². The van der Waals surface area contributed by atoms with Crippen LogP contribution in [-0.2, 0) is 10.4 Å². The lowest BCUT2D eigenvalue weighted by Crippen LogP contribution is -2.46. The number of hydrogen-bond donors (Lipinski definition) is 2. The number of carbonyl (C=O) groups excluding carboxylic acids is 1. The van der Waals surface area contributed by atoms with Crippen LogP contribution in [0.1, 0.15) is 36.4 Å². The fraction of sp³-hybridized carbons (Fsp3) is 0.440. The van der Waals surface area contributed by atoms with Crippen molar-refractivity contribution in [3.8, 4) is 11.8 Å². The fourth-order valence-corrected chi connectivity index (χ4v) is 5.53. The molecule has 0 aromatic heterocycles. The zero-order chi connectivity index (χ0) is 22.0. The number of benzene rings is 2. The monoisotopic (exact) mass is 419 g/mol. The van der Waals surface area contributed by atoms with Crippen molar-refractivity contribution in [2.24, 2.45) is 23.5 Å². The van der Waals surface area contributed by atoms with Crippen molar-refractivity contribution in [2.45, 2.75) is 30.9 Å². The molecule has 31 heavy (non-hydrogen) atoms. The second-order valence-corrected chi connectivity index (χ2v) is 8.79. The number of nitriles is 1. The number of methoxy groups -OCH3 is 1. The number of carbonyl (C=O) groups is 1. The molecule has 6 nitrogen and oxygen atoms in total. The molecule has 0 spiro atoms. The van der Waals surface area contributed by atoms with Gasteiger partial charge in [0.1, 0.15) is 11.8 Å². The minimum absolute atomic E-state index is 0.0685. The maximum absolute atomic E-state index is 13.2. The molecule has 1 saturated heterocycles. The van der Waals surface area contributed by atoms with Crippen molar-refractivity contribution >= 4 is 5.91 Å². The summed E-state index contributed by atoms with van der Waals surface area (Å²) in [4.78, 5) is 15.0. The van der Waals surface area contributed by atoms with Crippen LogP contribution >= 0.6 is 0 Å². The molecule has 2 aliphatic rings. The van der Waals surface area contributed by atoms with Crippen molar-refractivity contribution in [2.75, 3.05) is 20.2 Å². The number of aliphatic hydroxyl groups is 1. The van der Waals surface area contributed by atoms with Gasteiger partial charge in [0.2, 0.25) is 5.91 Å². The van der Waals surface area contributed by atoms with Gasteiger partial charge in [-0.15, -0.1) is 0 Å². The number of rotatable bonds is 5. The molecule has 1 aliphatic carbocycles. The Labute approximate surface area is 183 Å². The molecule has 0 radical (unpaired) electrons. The second kappa shape index (κ2) is 8.70. The third kappa shape index (κ3) is 3.91. The summed E-state index contributed by atoms with van der Waals surface area (Å²) >= 11 is 0. The molecule has 1 saturated carbocycles. The van der Waals surface area contributed by atoms with Gasteiger partial charge in [0.15, 0.2) is 0 Å². The largest absolute Gasteiger partial charge is 0.496 e. The number of nitrogens with two attached hydrogens (primary N) is 1. The zero-order valence-corrected chi connectivity index (χ0v) is 17.8. The van der Waals surface area contributed by atoms with E-state index in [1.54, 1.807) is 12.0 Å². The van der Waals surface area contributed by atoms with Crippen LogP contribution in [0.5, 0.6) is 5.75 Å². The van der Waals surface area contributed by atoms with E-state index in [-0.39, 0.29) is 23.7 Å². The summed E-state index contributed by atoms with van der Waals surface area (Å²) in [5, 5.41) is 21.3. The third-order valence-electron chi connectivity index (χ3n) is 6.98. The summed E-state index contributed by atoms with van der Waals surface area (Å²) in [6, 6.07) is 18.4. The number of fused-ring (bicyclic) bond motifs is 1. The highest BCUT2D eigenvalue weighted by molar-refractivity contribution is 5.83. The quantitative estimate of drug-likeness (QED) is 0.776. The first-order valence-electron chi connectivity index (χ1n) is 10.8. The molecular formula is C25H29N3O3. The van der Waals surface area contributed by atoms with Crippen LogP contribution in [0, 0.1) is 29.1 Å². The molecule has 0 bridgehead atoms. The topological polar surface area (TPSA) is 99.6 Å². The molecule has 2 aromatic rings. The summed E-state index contributed by atoms with van der Waals surface area (Å²) in [6.45, 7) is 0.987. The maximum atomic E-state index is 13.2. The highest BCUT2D eigenvalue weighted by Gasteiger charge is 2.54. The molecule has 2 fully saturated rings. The van der Waals surface area contributed by atoms with Gasteiger partial charge in [0, 0.05) is 31.0 Å². The molecule has 2 aromatic carbocycles. The summed E-state index contributed by atoms with van der Waals surface area (Å²) in [7, 11) is 1.60. The fourth-order valence-electron chi connectivity index (χ4n) is 5.53. The van der Waals surface area contributed by atoms with Crippen LogP contribution in [0.15, 0.2) is 54.6 Å². The van der Waals surface area contributed by atoms with E-state index in [2.05, 4.69) is 6.07 Å². The summed E-state index contributed by atoms with van der Waals surface area (Å²) < 4.78 is 5.55. The highest BCUT2D eigenvalue weighted by Crippen LogP contribution is 2.52. The lowest BCUT2D eigenvalue weighted by atomic mass is 9.63. The Morgan fingerprint density at radius 2 is 1.97 bits per heavy atom. The van der Waals surface area contributed by atoms with E-state index in [1.165, 1.54) is 0 Å². The zero-order valence-electron chi connectivity index (χ0n) is 17.8. The van der Waals surface area contributed by atoms with Crippen molar-refractivity contribution in [3.05, 3.63) is 65.7 Å². The van der Waals surface area contributed by atoms with E-state index in [0.29, 0.717) is 31.7 Å². The van der Waals surface area contributed by atoms with Gasteiger partial charge < -0.3 is 20.5 Å². The first-order valence-corrected chi connectivity index (χ1v) is 10.8. The van der Waals surface area contributed by atoms with Crippen LogP contribution in [0.2, 0.25) is 0 Å². The van der Waals surface area contributed by atoms with Crippen LogP contribution in [0.25, 0.3) is 0 Å². The molecule has 162 valence electrons. The standard InChI is InChI=1S/C25H29N3O3/c1-31-22-10-6-5-9-20(22)25(30)14-17(11-12-26)13-19-15-28(16-21(19)25)24(29)23(27)18-7-3-2-4-8-18/h2-10,17,19,21,23,30H,11,13-16,27H2,1H3/t17-,19+,21-,23?,25-/m1/s1. The lowest BCUT2D eigenvalue weighted by molar-refractivity contribution is -0.132. The molecule has 6 heteroatoms. The molecule has 5 atom stereocenters. The highest BCUT2D eigenvalue weighted by atomic mass is 16.5. The minimum Gasteiger partial charge on any atom is -0.496 e. The summed E-state index contributed by atoms with van der Waals surface area (Å²) in [5.74, 6) is 0.547. The van der Waals surface area contributed by atoms with Gasteiger partial charge in [-0.2, -0.15) is 5.26 Å². The van der Waals surface area contributed by atoms with E-state index < -0.39 is 11.6 Å². The second-order valence-electron chi connectivity index (χ2n) is 8.79. The first-order chi connectivity index (χ1) is 15.0. The minimum atomic E-state index is -1.16. The van der Waals surface area contributed by atoms with E-state index in [4.69, 9.17) is 10.5 Å². The Kier molecular flexibility index (Phi) is 5.99. The van der Waals surface area contributed by atoms with Gasteiger partial charge >= 0.3 is 0 Å². The predicted octanol–water partition coefficient (Wildman–Crippen LogP) is 2.98. The molecule has 1 aliphatic heterocycles. The van der Waals surface area contributed by atoms with E-state index >= 15 is 0 Å².